The van der Waals surface area contributed by atoms with Crippen molar-refractivity contribution < 1.29 is 27.3 Å². The Bertz CT molecular complexity index is 774. The maximum Gasteiger partial charge on any atom is 0.417 e. The van der Waals surface area contributed by atoms with E-state index in [9.17, 15) is 22.8 Å². The molecule has 1 aromatic carbocycles. The fourth-order valence-corrected chi connectivity index (χ4v) is 2.01. The lowest BCUT2D eigenvalue weighted by atomic mass is 10.2. The van der Waals surface area contributed by atoms with Gasteiger partial charge in [0.2, 0.25) is 11.8 Å². The van der Waals surface area contributed by atoms with Gasteiger partial charge in [0.15, 0.2) is 5.82 Å². The molecule has 1 heterocycles. The molecular weight excluding hydrogens is 351 g/mol. The molecule has 0 atom stereocenters. The van der Waals surface area contributed by atoms with Crippen LogP contribution in [0.4, 0.5) is 24.7 Å². The summed E-state index contributed by atoms with van der Waals surface area (Å²) in [6.07, 6.45) is -5.25. The minimum Gasteiger partial charge on any atom is -0.360 e. The predicted molar refractivity (Wildman–Crippen MR) is 79.6 cm³/mol. The van der Waals surface area contributed by atoms with Crippen molar-refractivity contribution in [3.05, 3.63) is 40.6 Å². The minimum absolute atomic E-state index is 0.123. The molecule has 2 aromatic rings. The topological polar surface area (TPSA) is 84.2 Å². The van der Waals surface area contributed by atoms with E-state index >= 15 is 0 Å². The molecule has 0 fully saturated rings. The first-order valence-electron chi connectivity index (χ1n) is 6.55. The number of anilines is 2. The summed E-state index contributed by atoms with van der Waals surface area (Å²) in [5, 5.41) is 7.55. The molecule has 6 nitrogen and oxygen atoms in total. The standard InChI is InChI=1S/C14H11ClF3N3O3/c1-7-4-11(21-24-7)20-13(23)6-12(22)19-8-2-3-10(15)9(5-8)14(16,17)18/h2-5H,6H2,1H3,(H,19,22)(H,20,21,23). The zero-order valence-corrected chi connectivity index (χ0v) is 13.0. The Kier molecular flexibility index (Phi) is 5.13. The average Bonchev–Trinajstić information content (AvgIpc) is 2.84. The fourth-order valence-electron chi connectivity index (χ4n) is 1.78. The highest BCUT2D eigenvalue weighted by Gasteiger charge is 2.33. The third-order valence-corrected chi connectivity index (χ3v) is 3.10. The normalized spacial score (nSPS) is 11.2. The molecule has 2 N–H and O–H groups in total. The second-order valence-electron chi connectivity index (χ2n) is 4.79. The summed E-state index contributed by atoms with van der Waals surface area (Å²) in [4.78, 5) is 23.4. The zero-order valence-electron chi connectivity index (χ0n) is 12.2. The number of benzene rings is 1. The monoisotopic (exact) mass is 361 g/mol. The Morgan fingerprint density at radius 3 is 2.46 bits per heavy atom. The van der Waals surface area contributed by atoms with Crippen LogP contribution in [0.3, 0.4) is 0 Å². The number of hydrogen-bond acceptors (Lipinski definition) is 4. The lowest BCUT2D eigenvalue weighted by molar-refractivity contribution is -0.137. The van der Waals surface area contributed by atoms with Crippen LogP contribution in [0.5, 0.6) is 0 Å². The Balaban J connectivity index is 1.98. The zero-order chi connectivity index (χ0) is 17.9. The number of alkyl halides is 3. The van der Waals surface area contributed by atoms with E-state index in [1.807, 2.05) is 0 Å². The maximum atomic E-state index is 12.7. The number of carbonyl (C=O) groups is 2. The van der Waals surface area contributed by atoms with Gasteiger partial charge in [0, 0.05) is 11.8 Å². The van der Waals surface area contributed by atoms with Crippen molar-refractivity contribution >= 4 is 34.9 Å². The van der Waals surface area contributed by atoms with E-state index in [0.717, 1.165) is 6.07 Å². The Labute approximate surface area is 139 Å². The molecule has 0 saturated carbocycles. The lowest BCUT2D eigenvalue weighted by Gasteiger charge is -2.11. The van der Waals surface area contributed by atoms with Crippen LogP contribution in [0.2, 0.25) is 5.02 Å². The second-order valence-corrected chi connectivity index (χ2v) is 5.20. The van der Waals surface area contributed by atoms with Crippen LogP contribution in [0.1, 0.15) is 17.7 Å². The van der Waals surface area contributed by atoms with E-state index in [4.69, 9.17) is 16.1 Å². The number of rotatable bonds is 4. The molecule has 2 rings (SSSR count). The largest absolute Gasteiger partial charge is 0.417 e. The Hall–Kier alpha value is -2.55. The number of nitrogens with zero attached hydrogens (tertiary/aromatic N) is 1. The van der Waals surface area contributed by atoms with Crippen LogP contribution in [0.25, 0.3) is 0 Å². The average molecular weight is 362 g/mol. The smallest absolute Gasteiger partial charge is 0.360 e. The van der Waals surface area contributed by atoms with Crippen LogP contribution in [0.15, 0.2) is 28.8 Å². The lowest BCUT2D eigenvalue weighted by Crippen LogP contribution is -2.21. The molecule has 128 valence electrons. The molecule has 0 aliphatic rings. The van der Waals surface area contributed by atoms with Crippen molar-refractivity contribution in [3.8, 4) is 0 Å². The van der Waals surface area contributed by atoms with Gasteiger partial charge in [0.25, 0.3) is 0 Å². The summed E-state index contributed by atoms with van der Waals surface area (Å²) in [5.41, 5.74) is -1.20. The van der Waals surface area contributed by atoms with E-state index in [-0.39, 0.29) is 11.5 Å². The molecule has 1 aromatic heterocycles. The van der Waals surface area contributed by atoms with Crippen molar-refractivity contribution in [2.75, 3.05) is 10.6 Å². The van der Waals surface area contributed by atoms with Crippen LogP contribution in [-0.4, -0.2) is 17.0 Å². The molecule has 0 aliphatic heterocycles. The van der Waals surface area contributed by atoms with E-state index < -0.39 is 35.0 Å². The molecule has 0 bridgehead atoms. The number of halogens is 4. The van der Waals surface area contributed by atoms with Crippen molar-refractivity contribution in [1.29, 1.82) is 0 Å². The van der Waals surface area contributed by atoms with Crippen LogP contribution in [-0.2, 0) is 15.8 Å². The molecule has 0 spiro atoms. The second kappa shape index (κ2) is 6.91. The van der Waals surface area contributed by atoms with Crippen LogP contribution < -0.4 is 10.6 Å². The van der Waals surface area contributed by atoms with Gasteiger partial charge >= 0.3 is 6.18 Å². The number of hydrogen-bond donors (Lipinski definition) is 2. The van der Waals surface area contributed by atoms with Gasteiger partial charge in [0.05, 0.1) is 10.6 Å². The Morgan fingerprint density at radius 2 is 1.88 bits per heavy atom. The highest BCUT2D eigenvalue weighted by atomic mass is 35.5. The summed E-state index contributed by atoms with van der Waals surface area (Å²) in [7, 11) is 0. The van der Waals surface area contributed by atoms with E-state index in [1.165, 1.54) is 12.1 Å². The van der Waals surface area contributed by atoms with Crippen LogP contribution >= 0.6 is 11.6 Å². The van der Waals surface area contributed by atoms with Gasteiger partial charge in [-0.05, 0) is 25.1 Å². The Morgan fingerprint density at radius 1 is 1.21 bits per heavy atom. The maximum absolute atomic E-state index is 12.7. The van der Waals surface area contributed by atoms with Crippen LogP contribution in [0, 0.1) is 6.92 Å². The summed E-state index contributed by atoms with van der Waals surface area (Å²) in [6, 6.07) is 4.36. The molecular formula is C14H11ClF3N3O3. The molecule has 0 radical (unpaired) electrons. The predicted octanol–water partition coefficient (Wildman–Crippen LogP) is 3.62. The van der Waals surface area contributed by atoms with Gasteiger partial charge in [-0.1, -0.05) is 16.8 Å². The van der Waals surface area contributed by atoms with Gasteiger partial charge in [0.1, 0.15) is 12.2 Å². The summed E-state index contributed by atoms with van der Waals surface area (Å²) >= 11 is 5.48. The number of carbonyl (C=O) groups excluding carboxylic acids is 2. The first kappa shape index (κ1) is 17.8. The van der Waals surface area contributed by atoms with Crippen molar-refractivity contribution in [3.63, 3.8) is 0 Å². The van der Waals surface area contributed by atoms with Gasteiger partial charge in [-0.3, -0.25) is 9.59 Å². The van der Waals surface area contributed by atoms with E-state index in [0.29, 0.717) is 11.8 Å². The first-order chi connectivity index (χ1) is 11.1. The quantitative estimate of drug-likeness (QED) is 0.814. The SMILES string of the molecule is Cc1cc(NC(=O)CC(=O)Nc2ccc(Cl)c(C(F)(F)F)c2)no1. The molecule has 0 saturated heterocycles. The van der Waals surface area contributed by atoms with Gasteiger partial charge in [-0.2, -0.15) is 13.2 Å². The van der Waals surface area contributed by atoms with Gasteiger partial charge in [-0.25, -0.2) is 0 Å². The molecule has 2 amide bonds. The van der Waals surface area contributed by atoms with E-state index in [1.54, 1.807) is 6.92 Å². The fraction of sp³-hybridized carbons (Fsp3) is 0.214. The molecule has 10 heteroatoms. The summed E-state index contributed by atoms with van der Waals surface area (Å²) in [6.45, 7) is 1.62. The minimum atomic E-state index is -4.65. The van der Waals surface area contributed by atoms with Crippen molar-refractivity contribution in [2.45, 2.75) is 19.5 Å². The number of amides is 2. The van der Waals surface area contributed by atoms with Gasteiger partial charge < -0.3 is 15.2 Å². The van der Waals surface area contributed by atoms with E-state index in [2.05, 4.69) is 15.8 Å². The van der Waals surface area contributed by atoms with Crippen molar-refractivity contribution in [1.82, 2.24) is 5.16 Å². The summed E-state index contributed by atoms with van der Waals surface area (Å²) in [5.74, 6) is -0.874. The summed E-state index contributed by atoms with van der Waals surface area (Å²) < 4.78 is 43.0. The third kappa shape index (κ3) is 4.72. The number of nitrogens with one attached hydrogen (secondary N) is 2. The number of aromatic nitrogens is 1. The van der Waals surface area contributed by atoms with Crippen molar-refractivity contribution in [2.24, 2.45) is 0 Å². The highest BCUT2D eigenvalue weighted by Crippen LogP contribution is 2.36. The number of aryl methyl sites for hydroxylation is 1. The highest BCUT2D eigenvalue weighted by molar-refractivity contribution is 6.31. The molecule has 0 unspecified atom stereocenters. The first-order valence-corrected chi connectivity index (χ1v) is 6.92. The molecule has 0 aliphatic carbocycles. The van der Waals surface area contributed by atoms with Gasteiger partial charge in [-0.15, -0.1) is 0 Å². The third-order valence-electron chi connectivity index (χ3n) is 2.77. The molecule has 24 heavy (non-hydrogen) atoms.